The summed E-state index contributed by atoms with van der Waals surface area (Å²) < 4.78 is 35.0. The third-order valence-corrected chi connectivity index (χ3v) is 6.31. The number of anilines is 1. The summed E-state index contributed by atoms with van der Waals surface area (Å²) in [5, 5.41) is 0. The first-order valence-corrected chi connectivity index (χ1v) is 12.5. The van der Waals surface area contributed by atoms with Crippen molar-refractivity contribution in [2.45, 2.75) is 46.8 Å². The molecule has 2 rings (SSSR count). The SMILES string of the molecule is CCOP(=O)(CCN(C(=O)OC(C)(C)C)c1ccc(OCc2ccccc2)cc1)OCC. The summed E-state index contributed by atoms with van der Waals surface area (Å²) in [6.45, 7) is 10.0. The summed E-state index contributed by atoms with van der Waals surface area (Å²) in [5.74, 6) is 0.677. The lowest BCUT2D eigenvalue weighted by Crippen LogP contribution is -2.38. The van der Waals surface area contributed by atoms with Crippen LogP contribution >= 0.6 is 7.60 Å². The fourth-order valence-electron chi connectivity index (χ4n) is 2.89. The first-order chi connectivity index (χ1) is 15.2. The molecular formula is C24H34NO6P. The molecule has 0 aromatic heterocycles. The number of hydrogen-bond donors (Lipinski definition) is 0. The van der Waals surface area contributed by atoms with Crippen LogP contribution in [0.4, 0.5) is 10.5 Å². The molecule has 2 aromatic rings. The molecule has 0 bridgehead atoms. The zero-order chi connectivity index (χ0) is 23.6. The van der Waals surface area contributed by atoms with Gasteiger partial charge in [-0.2, -0.15) is 0 Å². The second-order valence-electron chi connectivity index (χ2n) is 8.07. The van der Waals surface area contributed by atoms with Crippen molar-refractivity contribution < 1.29 is 27.9 Å². The molecule has 0 aliphatic heterocycles. The highest BCUT2D eigenvalue weighted by Gasteiger charge is 2.29. The van der Waals surface area contributed by atoms with Crippen molar-refractivity contribution in [3.8, 4) is 5.75 Å². The summed E-state index contributed by atoms with van der Waals surface area (Å²) in [7, 11) is -3.31. The highest BCUT2D eigenvalue weighted by molar-refractivity contribution is 7.53. The normalized spacial score (nSPS) is 11.8. The smallest absolute Gasteiger partial charge is 0.414 e. The van der Waals surface area contributed by atoms with Gasteiger partial charge in [-0.05, 0) is 64.4 Å². The summed E-state index contributed by atoms with van der Waals surface area (Å²) in [4.78, 5) is 14.3. The maximum absolute atomic E-state index is 12.9. The molecule has 0 unspecified atom stereocenters. The van der Waals surface area contributed by atoms with Crippen molar-refractivity contribution in [2.75, 3.05) is 30.8 Å². The maximum atomic E-state index is 12.9. The van der Waals surface area contributed by atoms with Crippen molar-refractivity contribution in [3.63, 3.8) is 0 Å². The molecule has 32 heavy (non-hydrogen) atoms. The molecule has 0 saturated carbocycles. The molecule has 176 valence electrons. The van der Waals surface area contributed by atoms with Gasteiger partial charge >= 0.3 is 13.7 Å². The number of benzene rings is 2. The first kappa shape index (κ1) is 25.9. The molecule has 0 fully saturated rings. The minimum atomic E-state index is -3.31. The molecular weight excluding hydrogens is 429 g/mol. The van der Waals surface area contributed by atoms with Crippen LogP contribution in [-0.2, 0) is 25.0 Å². The van der Waals surface area contributed by atoms with Gasteiger partial charge in [-0.25, -0.2) is 4.79 Å². The van der Waals surface area contributed by atoms with Crippen molar-refractivity contribution in [1.82, 2.24) is 0 Å². The van der Waals surface area contributed by atoms with Crippen LogP contribution in [0, 0.1) is 0 Å². The fourth-order valence-corrected chi connectivity index (χ4v) is 4.45. The Hall–Kier alpha value is -2.34. The summed E-state index contributed by atoms with van der Waals surface area (Å²) in [5.41, 5.74) is 0.998. The van der Waals surface area contributed by atoms with Gasteiger partial charge < -0.3 is 18.5 Å². The van der Waals surface area contributed by atoms with E-state index in [0.717, 1.165) is 5.56 Å². The third-order valence-electron chi connectivity index (χ3n) is 4.26. The molecule has 0 spiro atoms. The van der Waals surface area contributed by atoms with E-state index < -0.39 is 19.3 Å². The van der Waals surface area contributed by atoms with Crippen molar-refractivity contribution in [1.29, 1.82) is 0 Å². The average Bonchev–Trinajstić information content (AvgIpc) is 2.73. The molecule has 1 amide bonds. The number of rotatable bonds is 11. The van der Waals surface area contributed by atoms with Gasteiger partial charge in [0.2, 0.25) is 0 Å². The molecule has 0 atom stereocenters. The van der Waals surface area contributed by atoms with Crippen molar-refractivity contribution in [2.24, 2.45) is 0 Å². The fraction of sp³-hybridized carbons (Fsp3) is 0.458. The van der Waals surface area contributed by atoms with Gasteiger partial charge in [0.1, 0.15) is 18.0 Å². The quantitative estimate of drug-likeness (QED) is 0.366. The van der Waals surface area contributed by atoms with Crippen LogP contribution in [0.15, 0.2) is 54.6 Å². The Balaban J connectivity index is 2.15. The predicted molar refractivity (Wildman–Crippen MR) is 127 cm³/mol. The molecule has 0 aliphatic carbocycles. The van der Waals surface area contributed by atoms with E-state index in [2.05, 4.69) is 0 Å². The number of carbonyl (C=O) groups is 1. The van der Waals surface area contributed by atoms with Crippen molar-refractivity contribution in [3.05, 3.63) is 60.2 Å². The summed E-state index contributed by atoms with van der Waals surface area (Å²) in [6.07, 6.45) is -0.477. The number of carbonyl (C=O) groups excluding carboxylic acids is 1. The summed E-state index contributed by atoms with van der Waals surface area (Å²) in [6, 6.07) is 17.0. The predicted octanol–water partition coefficient (Wildman–Crippen LogP) is 6.27. The van der Waals surface area contributed by atoms with Crippen molar-refractivity contribution >= 4 is 19.4 Å². The van der Waals surface area contributed by atoms with Crippen LogP contribution in [0.2, 0.25) is 0 Å². The molecule has 0 heterocycles. The zero-order valence-corrected chi connectivity index (χ0v) is 20.5. The van der Waals surface area contributed by atoms with Gasteiger partial charge in [0, 0.05) is 12.2 Å². The van der Waals surface area contributed by atoms with Crippen LogP contribution in [0.3, 0.4) is 0 Å². The molecule has 8 heteroatoms. The van der Waals surface area contributed by atoms with E-state index >= 15 is 0 Å². The van der Waals surface area contributed by atoms with Gasteiger partial charge in [0.15, 0.2) is 0 Å². The van der Waals surface area contributed by atoms with E-state index in [1.54, 1.807) is 58.9 Å². The topological polar surface area (TPSA) is 74.3 Å². The van der Waals surface area contributed by atoms with Gasteiger partial charge in [-0.3, -0.25) is 9.46 Å². The third kappa shape index (κ3) is 8.65. The number of ether oxygens (including phenoxy) is 2. The number of nitrogens with zero attached hydrogens (tertiary/aromatic N) is 1. The maximum Gasteiger partial charge on any atom is 0.414 e. The first-order valence-electron chi connectivity index (χ1n) is 10.8. The Labute approximate surface area is 191 Å². The molecule has 2 aromatic carbocycles. The highest BCUT2D eigenvalue weighted by atomic mass is 31.2. The summed E-state index contributed by atoms with van der Waals surface area (Å²) >= 11 is 0. The Bertz CT molecular complexity index is 870. The number of amides is 1. The lowest BCUT2D eigenvalue weighted by atomic mass is 10.2. The van der Waals surface area contributed by atoms with Gasteiger partial charge in [-0.15, -0.1) is 0 Å². The van der Waals surface area contributed by atoms with Crippen LogP contribution in [0.1, 0.15) is 40.2 Å². The Morgan fingerprint density at radius 2 is 1.53 bits per heavy atom. The van der Waals surface area contributed by atoms with E-state index in [1.807, 2.05) is 30.3 Å². The van der Waals surface area contributed by atoms with Gasteiger partial charge in [-0.1, -0.05) is 30.3 Å². The van der Waals surface area contributed by atoms with Crippen LogP contribution in [0.25, 0.3) is 0 Å². The Morgan fingerprint density at radius 1 is 0.938 bits per heavy atom. The largest absolute Gasteiger partial charge is 0.489 e. The van der Waals surface area contributed by atoms with Crippen LogP contribution < -0.4 is 9.64 Å². The minimum Gasteiger partial charge on any atom is -0.489 e. The Morgan fingerprint density at radius 3 is 2.06 bits per heavy atom. The lowest BCUT2D eigenvalue weighted by Gasteiger charge is -2.28. The van der Waals surface area contributed by atoms with E-state index in [9.17, 15) is 9.36 Å². The van der Waals surface area contributed by atoms with Crippen LogP contribution in [0.5, 0.6) is 5.75 Å². The zero-order valence-electron chi connectivity index (χ0n) is 19.6. The Kier molecular flexibility index (Phi) is 9.76. The van der Waals surface area contributed by atoms with Crippen LogP contribution in [-0.4, -0.2) is 37.6 Å². The molecule has 0 radical (unpaired) electrons. The average molecular weight is 464 g/mol. The minimum absolute atomic E-state index is 0.0557. The molecule has 0 aliphatic rings. The van der Waals surface area contributed by atoms with E-state index in [4.69, 9.17) is 18.5 Å². The second kappa shape index (κ2) is 12.0. The molecule has 0 saturated heterocycles. The second-order valence-corrected chi connectivity index (χ2v) is 10.3. The van der Waals surface area contributed by atoms with Gasteiger partial charge in [0.25, 0.3) is 0 Å². The monoisotopic (exact) mass is 463 g/mol. The van der Waals surface area contributed by atoms with E-state index in [1.165, 1.54) is 4.90 Å². The van der Waals surface area contributed by atoms with Gasteiger partial charge in [0.05, 0.1) is 19.4 Å². The highest BCUT2D eigenvalue weighted by Crippen LogP contribution is 2.47. The van der Waals surface area contributed by atoms with E-state index in [0.29, 0.717) is 18.0 Å². The number of hydrogen-bond acceptors (Lipinski definition) is 6. The van der Waals surface area contributed by atoms with E-state index in [-0.39, 0.29) is 25.9 Å². The standard InChI is InChI=1S/C24H34NO6P/c1-6-29-32(27,30-7-2)18-17-25(23(26)31-24(3,4)5)21-13-15-22(16-14-21)28-19-20-11-9-8-10-12-20/h8-16H,6-7,17-19H2,1-5H3. The lowest BCUT2D eigenvalue weighted by molar-refractivity contribution is 0.0582. The molecule has 7 nitrogen and oxygen atoms in total. The molecule has 0 N–H and O–H groups in total.